The highest BCUT2D eigenvalue weighted by Gasteiger charge is 2.27. The maximum atomic E-state index is 10.9. The summed E-state index contributed by atoms with van der Waals surface area (Å²) in [4.78, 5) is 21.6. The van der Waals surface area contributed by atoms with E-state index in [2.05, 4.69) is 6.92 Å². The van der Waals surface area contributed by atoms with E-state index in [1.165, 1.54) is 19.4 Å². The lowest BCUT2D eigenvalue weighted by Crippen LogP contribution is -2.25. The van der Waals surface area contributed by atoms with E-state index >= 15 is 0 Å². The molecule has 0 aromatic rings. The SMILES string of the molecule is CCCCCCC=CC(C(=O)O)C(C)C(=O)O. The molecule has 0 heterocycles. The van der Waals surface area contributed by atoms with Gasteiger partial charge in [-0.3, -0.25) is 9.59 Å². The van der Waals surface area contributed by atoms with Crippen molar-refractivity contribution in [2.24, 2.45) is 11.8 Å². The van der Waals surface area contributed by atoms with Crippen molar-refractivity contribution >= 4 is 11.9 Å². The van der Waals surface area contributed by atoms with E-state index < -0.39 is 23.8 Å². The molecular formula is C13H22O4. The molecule has 0 aliphatic heterocycles. The third kappa shape index (κ3) is 6.76. The second kappa shape index (κ2) is 8.79. The smallest absolute Gasteiger partial charge is 0.311 e. The quantitative estimate of drug-likeness (QED) is 0.481. The predicted molar refractivity (Wildman–Crippen MR) is 65.8 cm³/mol. The first-order valence-corrected chi connectivity index (χ1v) is 6.13. The van der Waals surface area contributed by atoms with E-state index in [1.807, 2.05) is 0 Å². The van der Waals surface area contributed by atoms with Crippen LogP contribution in [0.2, 0.25) is 0 Å². The molecule has 17 heavy (non-hydrogen) atoms. The van der Waals surface area contributed by atoms with Gasteiger partial charge < -0.3 is 10.2 Å². The van der Waals surface area contributed by atoms with E-state index in [9.17, 15) is 9.59 Å². The topological polar surface area (TPSA) is 74.6 Å². The van der Waals surface area contributed by atoms with Crippen molar-refractivity contribution in [3.63, 3.8) is 0 Å². The van der Waals surface area contributed by atoms with Gasteiger partial charge >= 0.3 is 11.9 Å². The number of carboxylic acids is 2. The molecule has 0 saturated carbocycles. The first-order valence-electron chi connectivity index (χ1n) is 6.13. The lowest BCUT2D eigenvalue weighted by atomic mass is 9.93. The van der Waals surface area contributed by atoms with Gasteiger partial charge in [0.05, 0.1) is 11.8 Å². The Morgan fingerprint density at radius 2 is 1.76 bits per heavy atom. The third-order valence-electron chi connectivity index (χ3n) is 2.78. The van der Waals surface area contributed by atoms with Crippen LogP contribution in [0.3, 0.4) is 0 Å². The Morgan fingerprint density at radius 3 is 2.24 bits per heavy atom. The first-order chi connectivity index (χ1) is 8.00. The van der Waals surface area contributed by atoms with Crippen LogP contribution < -0.4 is 0 Å². The van der Waals surface area contributed by atoms with Crippen molar-refractivity contribution in [2.45, 2.75) is 46.0 Å². The van der Waals surface area contributed by atoms with E-state index in [4.69, 9.17) is 10.2 Å². The summed E-state index contributed by atoms with van der Waals surface area (Å²) in [7, 11) is 0. The number of unbranched alkanes of at least 4 members (excludes halogenated alkanes) is 4. The Balaban J connectivity index is 4.13. The van der Waals surface area contributed by atoms with Gasteiger partial charge in [-0.1, -0.05) is 45.3 Å². The maximum absolute atomic E-state index is 10.9. The van der Waals surface area contributed by atoms with Crippen molar-refractivity contribution in [3.8, 4) is 0 Å². The Labute approximate surface area is 102 Å². The number of hydrogen-bond acceptors (Lipinski definition) is 2. The molecule has 4 nitrogen and oxygen atoms in total. The molecule has 0 radical (unpaired) electrons. The van der Waals surface area contributed by atoms with Gasteiger partial charge in [0.1, 0.15) is 0 Å². The number of carboxylic acid groups (broad SMARTS) is 2. The molecule has 2 unspecified atom stereocenters. The average molecular weight is 242 g/mol. The monoisotopic (exact) mass is 242 g/mol. The molecule has 0 saturated heterocycles. The zero-order chi connectivity index (χ0) is 13.3. The molecule has 4 heteroatoms. The van der Waals surface area contributed by atoms with Gasteiger partial charge in [-0.2, -0.15) is 0 Å². The van der Waals surface area contributed by atoms with Crippen molar-refractivity contribution < 1.29 is 19.8 Å². The average Bonchev–Trinajstić information content (AvgIpc) is 2.26. The normalized spacial score (nSPS) is 14.7. The third-order valence-corrected chi connectivity index (χ3v) is 2.78. The molecule has 0 aromatic carbocycles. The Bertz CT molecular complexity index is 271. The lowest BCUT2D eigenvalue weighted by Gasteiger charge is -2.11. The highest BCUT2D eigenvalue weighted by molar-refractivity contribution is 5.81. The van der Waals surface area contributed by atoms with E-state index in [0.717, 1.165) is 25.7 Å². The number of hydrogen-bond donors (Lipinski definition) is 2. The minimum atomic E-state index is -1.08. The maximum Gasteiger partial charge on any atom is 0.311 e. The van der Waals surface area contributed by atoms with Gasteiger partial charge in [-0.25, -0.2) is 0 Å². The van der Waals surface area contributed by atoms with Crippen LogP contribution >= 0.6 is 0 Å². The van der Waals surface area contributed by atoms with Crippen molar-refractivity contribution in [2.75, 3.05) is 0 Å². The largest absolute Gasteiger partial charge is 0.481 e. The van der Waals surface area contributed by atoms with Crippen LogP contribution in [0.25, 0.3) is 0 Å². The summed E-state index contributed by atoms with van der Waals surface area (Å²) in [6, 6.07) is 0. The summed E-state index contributed by atoms with van der Waals surface area (Å²) in [5.41, 5.74) is 0. The molecule has 0 aliphatic carbocycles. The Kier molecular flexibility index (Phi) is 8.11. The number of rotatable bonds is 9. The molecule has 0 aliphatic rings. The van der Waals surface area contributed by atoms with Crippen LogP contribution in [-0.2, 0) is 9.59 Å². The highest BCUT2D eigenvalue weighted by atomic mass is 16.4. The van der Waals surface area contributed by atoms with E-state index in [0.29, 0.717) is 0 Å². The molecule has 0 rings (SSSR count). The summed E-state index contributed by atoms with van der Waals surface area (Å²) < 4.78 is 0. The predicted octanol–water partition coefficient (Wildman–Crippen LogP) is 2.93. The number of aliphatic carboxylic acids is 2. The minimum absolute atomic E-state index is 0.816. The van der Waals surface area contributed by atoms with Crippen LogP contribution in [0, 0.1) is 11.8 Å². The molecule has 98 valence electrons. The molecule has 2 N–H and O–H groups in total. The van der Waals surface area contributed by atoms with Gasteiger partial charge in [-0.05, 0) is 12.8 Å². The first kappa shape index (κ1) is 15.7. The zero-order valence-corrected chi connectivity index (χ0v) is 10.6. The van der Waals surface area contributed by atoms with E-state index in [-0.39, 0.29) is 0 Å². The molecule has 0 aromatic heterocycles. The van der Waals surface area contributed by atoms with Gasteiger partial charge in [0.25, 0.3) is 0 Å². The molecular weight excluding hydrogens is 220 g/mol. The Morgan fingerprint density at radius 1 is 1.12 bits per heavy atom. The zero-order valence-electron chi connectivity index (χ0n) is 10.6. The fourth-order valence-electron chi connectivity index (χ4n) is 1.55. The molecule has 0 amide bonds. The molecule has 2 atom stereocenters. The standard InChI is InChI=1S/C13H22O4/c1-3-4-5-6-7-8-9-11(13(16)17)10(2)12(14)15/h8-11H,3-7H2,1-2H3,(H,14,15)(H,16,17). The van der Waals surface area contributed by atoms with Crippen LogP contribution in [0.5, 0.6) is 0 Å². The van der Waals surface area contributed by atoms with Gasteiger partial charge in [-0.15, -0.1) is 0 Å². The summed E-state index contributed by atoms with van der Waals surface area (Å²) in [6.07, 6.45) is 8.61. The minimum Gasteiger partial charge on any atom is -0.481 e. The summed E-state index contributed by atoms with van der Waals surface area (Å²) >= 11 is 0. The van der Waals surface area contributed by atoms with Crippen LogP contribution in [-0.4, -0.2) is 22.2 Å². The molecule has 0 fully saturated rings. The van der Waals surface area contributed by atoms with Crippen LogP contribution in [0.15, 0.2) is 12.2 Å². The highest BCUT2D eigenvalue weighted by Crippen LogP contribution is 2.15. The second-order valence-electron chi connectivity index (χ2n) is 4.27. The van der Waals surface area contributed by atoms with Gasteiger partial charge in [0.15, 0.2) is 0 Å². The van der Waals surface area contributed by atoms with Crippen molar-refractivity contribution in [1.29, 1.82) is 0 Å². The number of carbonyl (C=O) groups is 2. The fraction of sp³-hybridized carbons (Fsp3) is 0.692. The van der Waals surface area contributed by atoms with Crippen molar-refractivity contribution in [3.05, 3.63) is 12.2 Å². The fourth-order valence-corrected chi connectivity index (χ4v) is 1.55. The van der Waals surface area contributed by atoms with Gasteiger partial charge in [0, 0.05) is 0 Å². The lowest BCUT2D eigenvalue weighted by molar-refractivity contribution is -0.151. The van der Waals surface area contributed by atoms with Gasteiger partial charge in [0.2, 0.25) is 0 Å². The Hall–Kier alpha value is -1.32. The number of allylic oxidation sites excluding steroid dienone is 1. The molecule has 0 spiro atoms. The second-order valence-corrected chi connectivity index (χ2v) is 4.27. The van der Waals surface area contributed by atoms with Crippen molar-refractivity contribution in [1.82, 2.24) is 0 Å². The molecule has 0 bridgehead atoms. The summed E-state index contributed by atoms with van der Waals surface area (Å²) in [5, 5.41) is 17.7. The van der Waals surface area contributed by atoms with E-state index in [1.54, 1.807) is 6.08 Å². The van der Waals surface area contributed by atoms with Crippen LogP contribution in [0.1, 0.15) is 46.0 Å². The summed E-state index contributed by atoms with van der Waals surface area (Å²) in [5.74, 6) is -3.98. The van der Waals surface area contributed by atoms with Crippen LogP contribution in [0.4, 0.5) is 0 Å². The summed E-state index contributed by atoms with van der Waals surface area (Å²) in [6.45, 7) is 3.55.